The number of benzene rings is 3. The summed E-state index contributed by atoms with van der Waals surface area (Å²) in [5.74, 6) is 0.978. The minimum atomic E-state index is 0.0350. The second kappa shape index (κ2) is 11.5. The summed E-state index contributed by atoms with van der Waals surface area (Å²) < 4.78 is 11.0. The third-order valence-corrected chi connectivity index (χ3v) is 8.22. The van der Waals surface area contributed by atoms with Gasteiger partial charge in [0.25, 0.3) is 5.91 Å². The van der Waals surface area contributed by atoms with Crippen LogP contribution in [0.15, 0.2) is 66.7 Å². The maximum atomic E-state index is 13.4. The Hall–Kier alpha value is -3.15. The third-order valence-electron chi connectivity index (χ3n) is 8.22. The maximum Gasteiger partial charge on any atom is 0.252 e. The maximum absolute atomic E-state index is 13.4. The van der Waals surface area contributed by atoms with Gasteiger partial charge in [0.2, 0.25) is 0 Å². The van der Waals surface area contributed by atoms with Crippen molar-refractivity contribution < 1.29 is 14.3 Å². The van der Waals surface area contributed by atoms with Gasteiger partial charge < -0.3 is 14.8 Å². The van der Waals surface area contributed by atoms with Crippen LogP contribution in [-0.2, 0) is 11.3 Å². The molecule has 37 heavy (non-hydrogen) atoms. The normalized spacial score (nSPS) is 21.1. The summed E-state index contributed by atoms with van der Waals surface area (Å²) in [7, 11) is 1.69. The highest BCUT2D eigenvalue weighted by atomic mass is 16.5. The summed E-state index contributed by atoms with van der Waals surface area (Å²) >= 11 is 0. The number of rotatable bonds is 9. The van der Waals surface area contributed by atoms with Gasteiger partial charge in [0.05, 0.1) is 6.61 Å². The lowest BCUT2D eigenvalue weighted by atomic mass is 9.94. The van der Waals surface area contributed by atoms with E-state index >= 15 is 0 Å². The quantitative estimate of drug-likeness (QED) is 0.372. The smallest absolute Gasteiger partial charge is 0.252 e. The minimum Gasteiger partial charge on any atom is -0.491 e. The molecule has 2 aliphatic rings. The predicted octanol–water partition coefficient (Wildman–Crippen LogP) is 5.92. The Morgan fingerprint density at radius 3 is 2.32 bits per heavy atom. The molecule has 0 radical (unpaired) electrons. The summed E-state index contributed by atoms with van der Waals surface area (Å²) in [5, 5.41) is 3.39. The molecule has 2 fully saturated rings. The fraction of sp³-hybridized carbons (Fsp3) is 0.406. The van der Waals surface area contributed by atoms with Gasteiger partial charge in [-0.3, -0.25) is 9.69 Å². The van der Waals surface area contributed by atoms with Crippen LogP contribution >= 0.6 is 0 Å². The van der Waals surface area contributed by atoms with E-state index in [2.05, 4.69) is 48.3 Å². The summed E-state index contributed by atoms with van der Waals surface area (Å²) in [6.07, 6.45) is 4.42. The Morgan fingerprint density at radius 1 is 0.892 bits per heavy atom. The zero-order valence-corrected chi connectivity index (χ0v) is 22.2. The van der Waals surface area contributed by atoms with Crippen molar-refractivity contribution in [1.82, 2.24) is 10.2 Å². The molecule has 194 valence electrons. The van der Waals surface area contributed by atoms with Gasteiger partial charge in [0.15, 0.2) is 0 Å². The van der Waals surface area contributed by atoms with Gasteiger partial charge in [-0.1, -0.05) is 54.6 Å². The zero-order chi connectivity index (χ0) is 25.8. The number of nitrogens with zero attached hydrogens (tertiary/aromatic N) is 1. The van der Waals surface area contributed by atoms with Crippen LogP contribution in [0.2, 0.25) is 0 Å². The molecule has 5 rings (SSSR count). The van der Waals surface area contributed by atoms with Crippen molar-refractivity contribution in [3.05, 3.63) is 89.0 Å². The van der Waals surface area contributed by atoms with E-state index in [1.807, 2.05) is 42.5 Å². The fourth-order valence-corrected chi connectivity index (χ4v) is 6.08. The largest absolute Gasteiger partial charge is 0.491 e. The standard InChI is InChI=1S/C32H38N2O3/c1-22-23(2)31(37-18-17-36-3)16-13-25(22)21-34-27-14-15-28(34)20-26(19-27)33-32(35)30-12-8-7-11-29(30)24-9-5-4-6-10-24/h4-13,16,26-28H,14-15,17-21H2,1-3H3,(H,33,35). The number of hydrogen-bond acceptors (Lipinski definition) is 4. The first-order valence-electron chi connectivity index (χ1n) is 13.5. The summed E-state index contributed by atoms with van der Waals surface area (Å²) in [6, 6.07) is 23.6. The zero-order valence-electron chi connectivity index (χ0n) is 22.2. The number of hydrogen-bond donors (Lipinski definition) is 1. The van der Waals surface area contributed by atoms with Crippen molar-refractivity contribution in [2.45, 2.75) is 64.2 Å². The first kappa shape index (κ1) is 25.5. The number of ether oxygens (including phenoxy) is 2. The van der Waals surface area contributed by atoms with E-state index < -0.39 is 0 Å². The molecule has 3 aromatic carbocycles. The van der Waals surface area contributed by atoms with E-state index in [1.54, 1.807) is 7.11 Å². The van der Waals surface area contributed by atoms with Crippen molar-refractivity contribution in [3.8, 4) is 16.9 Å². The molecule has 1 amide bonds. The van der Waals surface area contributed by atoms with E-state index in [0.717, 1.165) is 41.8 Å². The lowest BCUT2D eigenvalue weighted by Crippen LogP contribution is -2.50. The molecule has 2 unspecified atom stereocenters. The van der Waals surface area contributed by atoms with Crippen molar-refractivity contribution in [2.75, 3.05) is 20.3 Å². The SMILES string of the molecule is COCCOc1ccc(CN2C3CCC2CC(NC(=O)c2ccccc2-c2ccccc2)C3)c(C)c1C. The molecule has 5 nitrogen and oxygen atoms in total. The molecule has 0 aliphatic carbocycles. The average Bonchev–Trinajstić information content (AvgIpc) is 3.15. The molecule has 0 aromatic heterocycles. The van der Waals surface area contributed by atoms with Gasteiger partial charge in [-0.25, -0.2) is 0 Å². The van der Waals surface area contributed by atoms with Crippen LogP contribution in [0.1, 0.15) is 52.7 Å². The molecule has 3 aromatic rings. The van der Waals surface area contributed by atoms with Gasteiger partial charge in [-0.15, -0.1) is 0 Å². The number of carbonyl (C=O) groups is 1. The molecule has 5 heteroatoms. The number of methoxy groups -OCH3 is 1. The third kappa shape index (κ3) is 5.58. The molecule has 1 N–H and O–H groups in total. The van der Waals surface area contributed by atoms with Gasteiger partial charge in [0.1, 0.15) is 12.4 Å². The van der Waals surface area contributed by atoms with E-state index in [9.17, 15) is 4.79 Å². The number of carbonyl (C=O) groups excluding carboxylic acids is 1. The van der Waals surface area contributed by atoms with Crippen LogP contribution in [-0.4, -0.2) is 49.3 Å². The Labute approximate surface area is 220 Å². The van der Waals surface area contributed by atoms with Crippen molar-refractivity contribution in [2.24, 2.45) is 0 Å². The summed E-state index contributed by atoms with van der Waals surface area (Å²) in [6.45, 7) is 6.46. The van der Waals surface area contributed by atoms with Crippen LogP contribution in [0.25, 0.3) is 11.1 Å². The van der Waals surface area contributed by atoms with Crippen molar-refractivity contribution in [3.63, 3.8) is 0 Å². The van der Waals surface area contributed by atoms with Crippen LogP contribution in [0, 0.1) is 13.8 Å². The van der Waals surface area contributed by atoms with E-state index in [4.69, 9.17) is 9.47 Å². The molecular formula is C32H38N2O3. The van der Waals surface area contributed by atoms with E-state index in [-0.39, 0.29) is 11.9 Å². The average molecular weight is 499 g/mol. The molecule has 2 atom stereocenters. The molecule has 0 spiro atoms. The highest BCUT2D eigenvalue weighted by Crippen LogP contribution is 2.38. The number of nitrogens with one attached hydrogen (secondary N) is 1. The monoisotopic (exact) mass is 498 g/mol. The van der Waals surface area contributed by atoms with Gasteiger partial charge >= 0.3 is 0 Å². The number of fused-ring (bicyclic) bond motifs is 2. The van der Waals surface area contributed by atoms with E-state index in [0.29, 0.717) is 25.3 Å². The molecular weight excluding hydrogens is 460 g/mol. The first-order chi connectivity index (χ1) is 18.0. The highest BCUT2D eigenvalue weighted by molar-refractivity contribution is 6.01. The van der Waals surface area contributed by atoms with Gasteiger partial charge in [0, 0.05) is 37.3 Å². The molecule has 2 saturated heterocycles. The number of amides is 1. The molecule has 2 aliphatic heterocycles. The van der Waals surface area contributed by atoms with Crippen molar-refractivity contribution >= 4 is 5.91 Å². The van der Waals surface area contributed by atoms with Crippen LogP contribution in [0.4, 0.5) is 0 Å². The van der Waals surface area contributed by atoms with Crippen LogP contribution in [0.5, 0.6) is 5.75 Å². The number of piperidine rings is 1. The van der Waals surface area contributed by atoms with Crippen LogP contribution < -0.4 is 10.1 Å². The Kier molecular flexibility index (Phi) is 7.92. The lowest BCUT2D eigenvalue weighted by Gasteiger charge is -2.39. The fourth-order valence-electron chi connectivity index (χ4n) is 6.08. The summed E-state index contributed by atoms with van der Waals surface area (Å²) in [4.78, 5) is 16.1. The second-order valence-electron chi connectivity index (χ2n) is 10.4. The highest BCUT2D eigenvalue weighted by Gasteiger charge is 2.41. The van der Waals surface area contributed by atoms with Crippen LogP contribution in [0.3, 0.4) is 0 Å². The van der Waals surface area contributed by atoms with Crippen molar-refractivity contribution in [1.29, 1.82) is 0 Å². The first-order valence-corrected chi connectivity index (χ1v) is 13.5. The lowest BCUT2D eigenvalue weighted by molar-refractivity contribution is 0.0828. The van der Waals surface area contributed by atoms with E-state index in [1.165, 1.54) is 29.5 Å². The molecule has 2 heterocycles. The predicted molar refractivity (Wildman–Crippen MR) is 148 cm³/mol. The Morgan fingerprint density at radius 2 is 1.59 bits per heavy atom. The Balaban J connectivity index is 1.24. The van der Waals surface area contributed by atoms with Gasteiger partial charge in [-0.05, 0) is 79.5 Å². The second-order valence-corrected chi connectivity index (χ2v) is 10.4. The molecule has 2 bridgehead atoms. The van der Waals surface area contributed by atoms with Gasteiger partial charge in [-0.2, -0.15) is 0 Å². The minimum absolute atomic E-state index is 0.0350. The molecule has 0 saturated carbocycles. The Bertz CT molecular complexity index is 1210. The summed E-state index contributed by atoms with van der Waals surface area (Å²) in [5.41, 5.74) is 6.70. The topological polar surface area (TPSA) is 50.8 Å².